The maximum atomic E-state index is 13.7. The van der Waals surface area contributed by atoms with Crippen LogP contribution in [0.4, 0.5) is 25.8 Å². The fourth-order valence-electron chi connectivity index (χ4n) is 5.45. The number of amides is 1. The van der Waals surface area contributed by atoms with Crippen LogP contribution in [0.2, 0.25) is 0 Å². The van der Waals surface area contributed by atoms with E-state index in [1.54, 1.807) is 12.4 Å². The van der Waals surface area contributed by atoms with Gasteiger partial charge in [-0.2, -0.15) is 0 Å². The summed E-state index contributed by atoms with van der Waals surface area (Å²) < 4.78 is 30.3. The summed E-state index contributed by atoms with van der Waals surface area (Å²) in [7, 11) is 0. The molecule has 2 aromatic heterocycles. The molecular formula is C26H28BrF2N5O. The van der Waals surface area contributed by atoms with Gasteiger partial charge in [-0.1, -0.05) is 15.9 Å². The molecule has 0 atom stereocenters. The van der Waals surface area contributed by atoms with Crippen molar-refractivity contribution in [2.45, 2.75) is 44.4 Å². The van der Waals surface area contributed by atoms with Crippen LogP contribution in [0, 0.1) is 5.41 Å². The standard InChI is InChI=1S/C26H28BrF2N5O/c27-18-1-2-20(21(15-18)32-10-5-25(3-4-25)6-11-32)24(35)31-19-16-22(23-30-9-14-34(23)17-19)33-12-7-26(28,29)8-13-33/h1-2,9,14-17H,3-8,10-13H2,(H,31,35). The molecule has 2 saturated heterocycles. The molecule has 1 aliphatic carbocycles. The monoisotopic (exact) mass is 543 g/mol. The van der Waals surface area contributed by atoms with Gasteiger partial charge in [0.25, 0.3) is 11.8 Å². The van der Waals surface area contributed by atoms with Gasteiger partial charge in [-0.15, -0.1) is 0 Å². The lowest BCUT2D eigenvalue weighted by Gasteiger charge is -2.35. The smallest absolute Gasteiger partial charge is 0.257 e. The highest BCUT2D eigenvalue weighted by atomic mass is 79.9. The number of pyridine rings is 1. The fourth-order valence-corrected chi connectivity index (χ4v) is 5.80. The molecule has 3 aliphatic rings. The van der Waals surface area contributed by atoms with Crippen LogP contribution >= 0.6 is 15.9 Å². The van der Waals surface area contributed by atoms with Gasteiger partial charge in [0, 0.05) is 62.1 Å². The normalized spacial score (nSPS) is 20.9. The molecule has 6 rings (SSSR count). The molecule has 1 aromatic carbocycles. The summed E-state index contributed by atoms with van der Waals surface area (Å²) in [5.41, 5.74) is 4.18. The van der Waals surface area contributed by atoms with E-state index in [1.165, 1.54) is 25.7 Å². The highest BCUT2D eigenvalue weighted by molar-refractivity contribution is 9.10. The first-order chi connectivity index (χ1) is 16.8. The van der Waals surface area contributed by atoms with E-state index in [-0.39, 0.29) is 31.8 Å². The second-order valence-corrected chi connectivity index (χ2v) is 11.1. The first-order valence-corrected chi connectivity index (χ1v) is 13.1. The first-order valence-electron chi connectivity index (χ1n) is 12.3. The van der Waals surface area contributed by atoms with E-state index in [1.807, 2.05) is 39.8 Å². The molecular weight excluding hydrogens is 516 g/mol. The molecule has 0 bridgehead atoms. The minimum absolute atomic E-state index is 0.185. The van der Waals surface area contributed by atoms with E-state index in [0.717, 1.165) is 28.9 Å². The number of imidazole rings is 1. The summed E-state index contributed by atoms with van der Waals surface area (Å²) in [5.74, 6) is -2.81. The average molecular weight is 544 g/mol. The number of aromatic nitrogens is 2. The van der Waals surface area contributed by atoms with Gasteiger partial charge in [0.15, 0.2) is 5.65 Å². The zero-order valence-electron chi connectivity index (χ0n) is 19.4. The molecule has 1 saturated carbocycles. The van der Waals surface area contributed by atoms with Gasteiger partial charge >= 0.3 is 0 Å². The van der Waals surface area contributed by atoms with Gasteiger partial charge in [0.2, 0.25) is 0 Å². The van der Waals surface area contributed by atoms with Crippen LogP contribution in [-0.4, -0.2) is 47.4 Å². The lowest BCUT2D eigenvalue weighted by atomic mass is 9.93. The number of piperidine rings is 2. The maximum absolute atomic E-state index is 13.7. The zero-order chi connectivity index (χ0) is 24.2. The van der Waals surface area contributed by atoms with Gasteiger partial charge in [-0.05, 0) is 55.4 Å². The minimum atomic E-state index is -2.63. The summed E-state index contributed by atoms with van der Waals surface area (Å²) in [5, 5.41) is 3.06. The molecule has 2 aliphatic heterocycles. The van der Waals surface area contributed by atoms with Crippen LogP contribution in [-0.2, 0) is 0 Å². The van der Waals surface area contributed by atoms with Crippen molar-refractivity contribution in [3.05, 3.63) is 52.9 Å². The third-order valence-corrected chi connectivity index (χ3v) is 8.38. The zero-order valence-corrected chi connectivity index (χ0v) is 21.0. The Hall–Kier alpha value is -2.68. The number of carbonyl (C=O) groups excluding carboxylic acids is 1. The van der Waals surface area contributed by atoms with Crippen LogP contribution in [0.25, 0.3) is 5.65 Å². The van der Waals surface area contributed by atoms with Crippen LogP contribution in [0.5, 0.6) is 0 Å². The summed E-state index contributed by atoms with van der Waals surface area (Å²) in [6.45, 7) is 2.42. The summed E-state index contributed by atoms with van der Waals surface area (Å²) in [4.78, 5) is 22.2. The Balaban J connectivity index is 1.27. The predicted molar refractivity (Wildman–Crippen MR) is 137 cm³/mol. The number of nitrogens with one attached hydrogen (secondary N) is 1. The van der Waals surface area contributed by atoms with Crippen molar-refractivity contribution in [2.75, 3.05) is 41.3 Å². The van der Waals surface area contributed by atoms with Gasteiger partial charge in [0.1, 0.15) is 0 Å². The number of rotatable bonds is 4. The molecule has 35 heavy (non-hydrogen) atoms. The predicted octanol–water partition coefficient (Wildman–Crippen LogP) is 5.97. The van der Waals surface area contributed by atoms with Crippen molar-refractivity contribution in [1.29, 1.82) is 0 Å². The molecule has 1 spiro atoms. The molecule has 4 heterocycles. The van der Waals surface area contributed by atoms with E-state index >= 15 is 0 Å². The lowest BCUT2D eigenvalue weighted by Crippen LogP contribution is -2.39. The number of hydrogen-bond acceptors (Lipinski definition) is 4. The molecule has 1 amide bonds. The van der Waals surface area contributed by atoms with Gasteiger partial charge in [0.05, 0.1) is 22.6 Å². The fraction of sp³-hybridized carbons (Fsp3) is 0.462. The number of anilines is 3. The summed E-state index contributed by atoms with van der Waals surface area (Å²) in [6.07, 6.45) is 9.95. The quantitative estimate of drug-likeness (QED) is 0.440. The van der Waals surface area contributed by atoms with E-state index in [4.69, 9.17) is 0 Å². The third-order valence-electron chi connectivity index (χ3n) is 7.89. The molecule has 6 nitrogen and oxygen atoms in total. The average Bonchev–Trinajstić information content (AvgIpc) is 3.41. The Morgan fingerprint density at radius 3 is 2.34 bits per heavy atom. The van der Waals surface area contributed by atoms with Crippen LogP contribution in [0.15, 0.2) is 47.3 Å². The second-order valence-electron chi connectivity index (χ2n) is 10.2. The molecule has 1 N–H and O–H groups in total. The summed E-state index contributed by atoms with van der Waals surface area (Å²) in [6, 6.07) is 7.63. The molecule has 0 radical (unpaired) electrons. The Labute approximate surface area is 211 Å². The number of benzene rings is 1. The highest BCUT2D eigenvalue weighted by Gasteiger charge is 2.44. The highest BCUT2D eigenvalue weighted by Crippen LogP contribution is 2.54. The Bertz CT molecular complexity index is 1270. The van der Waals surface area contributed by atoms with Crippen molar-refractivity contribution in [3.8, 4) is 0 Å². The largest absolute Gasteiger partial charge is 0.371 e. The van der Waals surface area contributed by atoms with Crippen LogP contribution in [0.3, 0.4) is 0 Å². The van der Waals surface area contributed by atoms with Crippen molar-refractivity contribution in [3.63, 3.8) is 0 Å². The number of nitrogens with zero attached hydrogens (tertiary/aromatic N) is 4. The molecule has 0 unspecified atom stereocenters. The number of hydrogen-bond donors (Lipinski definition) is 1. The Morgan fingerprint density at radius 2 is 1.63 bits per heavy atom. The number of alkyl halides is 2. The second kappa shape index (κ2) is 8.47. The summed E-state index contributed by atoms with van der Waals surface area (Å²) >= 11 is 3.57. The maximum Gasteiger partial charge on any atom is 0.257 e. The first kappa shape index (κ1) is 22.8. The molecule has 184 valence electrons. The number of halogens is 3. The molecule has 3 aromatic rings. The molecule has 3 fully saturated rings. The minimum Gasteiger partial charge on any atom is -0.371 e. The number of carbonyl (C=O) groups is 1. The van der Waals surface area contributed by atoms with Gasteiger partial charge in [-0.3, -0.25) is 4.79 Å². The van der Waals surface area contributed by atoms with Gasteiger partial charge < -0.3 is 19.5 Å². The Morgan fingerprint density at radius 1 is 0.943 bits per heavy atom. The van der Waals surface area contributed by atoms with E-state index in [9.17, 15) is 13.6 Å². The van der Waals surface area contributed by atoms with Crippen LogP contribution in [0.1, 0.15) is 48.9 Å². The van der Waals surface area contributed by atoms with Crippen molar-refractivity contribution in [1.82, 2.24) is 9.38 Å². The van der Waals surface area contributed by atoms with Gasteiger partial charge in [-0.25, -0.2) is 13.8 Å². The van der Waals surface area contributed by atoms with Crippen molar-refractivity contribution < 1.29 is 13.6 Å². The van der Waals surface area contributed by atoms with Crippen molar-refractivity contribution >= 4 is 44.5 Å². The van der Waals surface area contributed by atoms with E-state index in [0.29, 0.717) is 22.3 Å². The third kappa shape index (κ3) is 4.50. The SMILES string of the molecule is O=C(Nc1cc(N2CCC(F)(F)CC2)c2nccn2c1)c1ccc(Br)cc1N1CCC2(CC1)CC2. The van der Waals surface area contributed by atoms with Crippen molar-refractivity contribution in [2.24, 2.45) is 5.41 Å². The number of fused-ring (bicyclic) bond motifs is 1. The van der Waals surface area contributed by atoms with E-state index < -0.39 is 5.92 Å². The van der Waals surface area contributed by atoms with Crippen LogP contribution < -0.4 is 15.1 Å². The Kier molecular flexibility index (Phi) is 5.51. The van der Waals surface area contributed by atoms with E-state index in [2.05, 4.69) is 31.1 Å². The lowest BCUT2D eigenvalue weighted by molar-refractivity contribution is -0.0220. The topological polar surface area (TPSA) is 52.9 Å². The molecule has 9 heteroatoms.